The van der Waals surface area contributed by atoms with Gasteiger partial charge in [-0.15, -0.1) is 0 Å². The third-order valence-corrected chi connectivity index (χ3v) is 1.66. The maximum absolute atomic E-state index is 12.9. The predicted octanol–water partition coefficient (Wildman–Crippen LogP) is 1.58. The molecule has 0 spiro atoms. The summed E-state index contributed by atoms with van der Waals surface area (Å²) in [7, 11) is 0. The lowest BCUT2D eigenvalue weighted by molar-refractivity contribution is 0.582. The van der Waals surface area contributed by atoms with Crippen LogP contribution >= 0.6 is 0 Å². The van der Waals surface area contributed by atoms with Gasteiger partial charge in [0.25, 0.3) is 0 Å². The summed E-state index contributed by atoms with van der Waals surface area (Å²) in [5.41, 5.74) is 2.62. The molecule has 0 bridgehead atoms. The highest BCUT2D eigenvalue weighted by Crippen LogP contribution is 2.08. The summed E-state index contributed by atoms with van der Waals surface area (Å²) in [5, 5.41) is 0. The van der Waals surface area contributed by atoms with E-state index in [0.29, 0.717) is 5.56 Å². The highest BCUT2D eigenvalue weighted by Gasteiger charge is 2.06. The zero-order chi connectivity index (χ0) is 11.4. The second-order valence-electron chi connectivity index (χ2n) is 3.37. The molecule has 5 heteroatoms. The SMILES string of the molecule is CC(C)N=C(NN)c1cc(F)cc(F)c1. The molecule has 0 radical (unpaired) electrons. The predicted molar refractivity (Wildman–Crippen MR) is 55.4 cm³/mol. The number of halogens is 2. The second-order valence-corrected chi connectivity index (χ2v) is 3.37. The minimum absolute atomic E-state index is 0.0117. The Labute approximate surface area is 87.0 Å². The van der Waals surface area contributed by atoms with E-state index in [1.165, 1.54) is 12.1 Å². The lowest BCUT2D eigenvalue weighted by Crippen LogP contribution is -2.32. The van der Waals surface area contributed by atoms with E-state index in [9.17, 15) is 8.78 Å². The summed E-state index contributed by atoms with van der Waals surface area (Å²) in [5.74, 6) is 4.18. The molecule has 0 unspecified atom stereocenters. The van der Waals surface area contributed by atoms with Crippen LogP contribution in [0.2, 0.25) is 0 Å². The first-order valence-corrected chi connectivity index (χ1v) is 4.54. The number of rotatable bonds is 2. The number of benzene rings is 1. The lowest BCUT2D eigenvalue weighted by atomic mass is 10.2. The number of hydrazine groups is 1. The van der Waals surface area contributed by atoms with Crippen molar-refractivity contribution in [1.82, 2.24) is 5.43 Å². The molecule has 0 heterocycles. The molecule has 1 aromatic carbocycles. The van der Waals surface area contributed by atoms with Crippen LogP contribution in [0.15, 0.2) is 23.2 Å². The van der Waals surface area contributed by atoms with Crippen molar-refractivity contribution in [1.29, 1.82) is 0 Å². The standard InChI is InChI=1S/C10H13F2N3/c1-6(2)14-10(15-13)7-3-8(11)5-9(12)4-7/h3-6H,13H2,1-2H3,(H,14,15). The number of hydrogen-bond acceptors (Lipinski definition) is 2. The van der Waals surface area contributed by atoms with Gasteiger partial charge in [-0.3, -0.25) is 4.99 Å². The fourth-order valence-corrected chi connectivity index (χ4v) is 1.14. The van der Waals surface area contributed by atoms with Crippen LogP contribution in [0.3, 0.4) is 0 Å². The van der Waals surface area contributed by atoms with Gasteiger partial charge in [-0.05, 0) is 26.0 Å². The van der Waals surface area contributed by atoms with Gasteiger partial charge in [0, 0.05) is 17.7 Å². The van der Waals surface area contributed by atoms with Crippen molar-refractivity contribution in [3.63, 3.8) is 0 Å². The minimum Gasteiger partial charge on any atom is -0.308 e. The fourth-order valence-electron chi connectivity index (χ4n) is 1.14. The fraction of sp³-hybridized carbons (Fsp3) is 0.300. The molecule has 0 fully saturated rings. The van der Waals surface area contributed by atoms with Crippen LogP contribution in [0.5, 0.6) is 0 Å². The largest absolute Gasteiger partial charge is 0.308 e. The van der Waals surface area contributed by atoms with Gasteiger partial charge >= 0.3 is 0 Å². The van der Waals surface area contributed by atoms with Crippen LogP contribution in [0.25, 0.3) is 0 Å². The number of nitrogens with zero attached hydrogens (tertiary/aromatic N) is 1. The Balaban J connectivity index is 3.12. The van der Waals surface area contributed by atoms with Gasteiger partial charge in [0.05, 0.1) is 0 Å². The zero-order valence-corrected chi connectivity index (χ0v) is 8.59. The Kier molecular flexibility index (Phi) is 3.74. The third kappa shape index (κ3) is 3.28. The Morgan fingerprint density at radius 2 is 1.80 bits per heavy atom. The number of hydrogen-bond donors (Lipinski definition) is 2. The van der Waals surface area contributed by atoms with Crippen LogP contribution in [-0.4, -0.2) is 11.9 Å². The van der Waals surface area contributed by atoms with Crippen molar-refractivity contribution in [3.05, 3.63) is 35.4 Å². The van der Waals surface area contributed by atoms with Crippen molar-refractivity contribution in [2.75, 3.05) is 0 Å². The summed E-state index contributed by atoms with van der Waals surface area (Å²) in [6.45, 7) is 3.68. The summed E-state index contributed by atoms with van der Waals surface area (Å²) < 4.78 is 25.8. The number of nitrogens with one attached hydrogen (secondary N) is 1. The van der Waals surface area contributed by atoms with E-state index < -0.39 is 11.6 Å². The molecular formula is C10H13F2N3. The van der Waals surface area contributed by atoms with E-state index >= 15 is 0 Å². The summed E-state index contributed by atoms with van der Waals surface area (Å²) >= 11 is 0. The van der Waals surface area contributed by atoms with Gasteiger partial charge in [-0.25, -0.2) is 14.6 Å². The Bertz CT molecular complexity index is 355. The van der Waals surface area contributed by atoms with Crippen LogP contribution in [0, 0.1) is 11.6 Å². The van der Waals surface area contributed by atoms with Crippen LogP contribution in [-0.2, 0) is 0 Å². The molecule has 0 atom stereocenters. The molecule has 0 saturated carbocycles. The van der Waals surface area contributed by atoms with Crippen LogP contribution in [0.4, 0.5) is 8.78 Å². The van der Waals surface area contributed by atoms with Gasteiger partial charge in [0.15, 0.2) is 0 Å². The average Bonchev–Trinajstić information content (AvgIpc) is 2.12. The Hall–Kier alpha value is -1.49. The maximum atomic E-state index is 12.9. The first-order valence-electron chi connectivity index (χ1n) is 4.54. The smallest absolute Gasteiger partial charge is 0.142 e. The first kappa shape index (κ1) is 11.6. The van der Waals surface area contributed by atoms with E-state index in [1.807, 2.05) is 13.8 Å². The molecule has 3 N–H and O–H groups in total. The highest BCUT2D eigenvalue weighted by atomic mass is 19.1. The minimum atomic E-state index is -0.656. The molecule has 0 aliphatic heterocycles. The molecule has 15 heavy (non-hydrogen) atoms. The highest BCUT2D eigenvalue weighted by molar-refractivity contribution is 5.98. The van der Waals surface area contributed by atoms with Gasteiger partial charge in [0.1, 0.15) is 17.5 Å². The van der Waals surface area contributed by atoms with E-state index in [4.69, 9.17) is 5.84 Å². The number of aliphatic imine (C=N–C) groups is 1. The van der Waals surface area contributed by atoms with Crippen molar-refractivity contribution < 1.29 is 8.78 Å². The normalized spacial score (nSPS) is 12.0. The van der Waals surface area contributed by atoms with Gasteiger partial charge in [0.2, 0.25) is 0 Å². The van der Waals surface area contributed by atoms with Crippen molar-refractivity contribution in [2.24, 2.45) is 10.8 Å². The van der Waals surface area contributed by atoms with Crippen LogP contribution in [0.1, 0.15) is 19.4 Å². The van der Waals surface area contributed by atoms with Gasteiger partial charge < -0.3 is 5.43 Å². The molecule has 1 aromatic rings. The maximum Gasteiger partial charge on any atom is 0.142 e. The lowest BCUT2D eigenvalue weighted by Gasteiger charge is -2.08. The number of amidine groups is 1. The van der Waals surface area contributed by atoms with Crippen molar-refractivity contribution >= 4 is 5.84 Å². The van der Waals surface area contributed by atoms with Crippen molar-refractivity contribution in [2.45, 2.75) is 19.9 Å². The molecular weight excluding hydrogens is 200 g/mol. The molecule has 0 aliphatic rings. The molecule has 1 rings (SSSR count). The third-order valence-electron chi connectivity index (χ3n) is 1.66. The molecule has 0 amide bonds. The molecule has 0 aromatic heterocycles. The molecule has 0 saturated heterocycles. The Morgan fingerprint density at radius 1 is 1.27 bits per heavy atom. The summed E-state index contributed by atoms with van der Waals surface area (Å²) in [6.07, 6.45) is 0. The molecule has 3 nitrogen and oxygen atoms in total. The topological polar surface area (TPSA) is 50.4 Å². The van der Waals surface area contributed by atoms with Gasteiger partial charge in [-0.2, -0.15) is 0 Å². The van der Waals surface area contributed by atoms with E-state index in [0.717, 1.165) is 6.07 Å². The molecule has 0 aliphatic carbocycles. The monoisotopic (exact) mass is 213 g/mol. The summed E-state index contributed by atoms with van der Waals surface area (Å²) in [4.78, 5) is 4.10. The summed E-state index contributed by atoms with van der Waals surface area (Å²) in [6, 6.07) is 3.13. The van der Waals surface area contributed by atoms with E-state index in [1.54, 1.807) is 0 Å². The second kappa shape index (κ2) is 4.84. The number of nitrogens with two attached hydrogens (primary N) is 1. The first-order chi connectivity index (χ1) is 7.02. The van der Waals surface area contributed by atoms with Crippen LogP contribution < -0.4 is 11.3 Å². The van der Waals surface area contributed by atoms with E-state index in [2.05, 4.69) is 10.4 Å². The van der Waals surface area contributed by atoms with Crippen molar-refractivity contribution in [3.8, 4) is 0 Å². The average molecular weight is 213 g/mol. The quantitative estimate of drug-likeness (QED) is 0.339. The molecule has 82 valence electrons. The van der Waals surface area contributed by atoms with E-state index in [-0.39, 0.29) is 11.9 Å². The zero-order valence-electron chi connectivity index (χ0n) is 8.59. The van der Waals surface area contributed by atoms with Gasteiger partial charge in [-0.1, -0.05) is 0 Å². The Morgan fingerprint density at radius 3 is 2.20 bits per heavy atom.